The van der Waals surface area contributed by atoms with Crippen LogP contribution in [0.4, 0.5) is 27.5 Å². The molecule has 0 aliphatic heterocycles. The monoisotopic (exact) mass is 390 g/mol. The molecule has 8 heteroatoms. The lowest BCUT2D eigenvalue weighted by atomic mass is 10.1. The highest BCUT2D eigenvalue weighted by atomic mass is 16.2. The van der Waals surface area contributed by atoms with Crippen LogP contribution in [0.1, 0.15) is 22.8 Å². The van der Waals surface area contributed by atoms with Crippen molar-refractivity contribution in [3.8, 4) is 0 Å². The molecule has 0 aliphatic rings. The molecule has 4 N–H and O–H groups in total. The Kier molecular flexibility index (Phi) is 6.03. The highest BCUT2D eigenvalue weighted by Gasteiger charge is 2.21. The summed E-state index contributed by atoms with van der Waals surface area (Å²) in [4.78, 5) is 34.3. The molecule has 1 aromatic carbocycles. The number of hydrogen-bond donors (Lipinski definition) is 3. The summed E-state index contributed by atoms with van der Waals surface area (Å²) in [5.74, 6) is -0.604. The minimum atomic E-state index is -0.604. The van der Waals surface area contributed by atoms with Crippen LogP contribution in [-0.2, 0) is 0 Å². The van der Waals surface area contributed by atoms with Crippen LogP contribution < -0.4 is 21.3 Å². The average Bonchev–Trinajstić information content (AvgIpc) is 2.70. The molecule has 3 aromatic rings. The van der Waals surface area contributed by atoms with Crippen LogP contribution in [0.5, 0.6) is 0 Å². The zero-order valence-corrected chi connectivity index (χ0v) is 16.2. The summed E-state index contributed by atoms with van der Waals surface area (Å²) in [6.45, 7) is 4.26. The van der Waals surface area contributed by atoms with Gasteiger partial charge in [0.25, 0.3) is 5.91 Å². The van der Waals surface area contributed by atoms with Crippen LogP contribution in [-0.4, -0.2) is 28.5 Å². The number of hydrogen-bond acceptors (Lipinski definition) is 5. The van der Waals surface area contributed by atoms with Crippen molar-refractivity contribution in [2.24, 2.45) is 5.73 Å². The van der Waals surface area contributed by atoms with E-state index < -0.39 is 5.91 Å². The van der Waals surface area contributed by atoms with E-state index in [0.29, 0.717) is 29.3 Å². The third-order valence-corrected chi connectivity index (χ3v) is 4.15. The fourth-order valence-corrected chi connectivity index (χ4v) is 2.94. The Hall–Kier alpha value is -3.94. The van der Waals surface area contributed by atoms with Crippen LogP contribution in [0.2, 0.25) is 0 Å². The first-order valence-electron chi connectivity index (χ1n) is 9.10. The first kappa shape index (κ1) is 19.8. The molecule has 0 spiro atoms. The molecule has 3 rings (SSSR count). The predicted octanol–water partition coefficient (Wildman–Crippen LogP) is 3.50. The molecule has 2 aromatic heterocycles. The fourth-order valence-electron chi connectivity index (χ4n) is 2.94. The number of carbonyl (C=O) groups excluding carboxylic acids is 2. The first-order valence-corrected chi connectivity index (χ1v) is 9.10. The summed E-state index contributed by atoms with van der Waals surface area (Å²) >= 11 is 0. The van der Waals surface area contributed by atoms with Crippen molar-refractivity contribution in [3.05, 3.63) is 72.3 Å². The Balaban J connectivity index is 2.21. The second-order valence-electron chi connectivity index (χ2n) is 6.31. The number of nitrogens with two attached hydrogens (primary N) is 1. The van der Waals surface area contributed by atoms with Gasteiger partial charge in [0.05, 0.1) is 34.5 Å². The highest BCUT2D eigenvalue weighted by molar-refractivity contribution is 6.02. The lowest BCUT2D eigenvalue weighted by Gasteiger charge is -2.28. The van der Waals surface area contributed by atoms with Gasteiger partial charge in [-0.15, -0.1) is 0 Å². The second-order valence-corrected chi connectivity index (χ2v) is 6.31. The van der Waals surface area contributed by atoms with Crippen LogP contribution >= 0.6 is 0 Å². The Labute approximate surface area is 168 Å². The van der Waals surface area contributed by atoms with Crippen molar-refractivity contribution in [1.82, 2.24) is 15.3 Å². The van der Waals surface area contributed by atoms with Gasteiger partial charge in [-0.1, -0.05) is 12.1 Å². The minimum absolute atomic E-state index is 0.252. The number of nitrogens with zero attached hydrogens (tertiary/aromatic N) is 3. The summed E-state index contributed by atoms with van der Waals surface area (Å²) in [5, 5.41) is 5.56. The van der Waals surface area contributed by atoms with Gasteiger partial charge in [-0.3, -0.25) is 14.8 Å². The van der Waals surface area contributed by atoms with Gasteiger partial charge in [0.15, 0.2) is 0 Å². The van der Waals surface area contributed by atoms with Crippen molar-refractivity contribution in [1.29, 1.82) is 0 Å². The number of urea groups is 1. The van der Waals surface area contributed by atoms with E-state index in [1.165, 1.54) is 6.20 Å². The maximum Gasteiger partial charge on any atom is 0.319 e. The zero-order chi connectivity index (χ0) is 20.8. The molecule has 0 aliphatic carbocycles. The molecular formula is C21H22N6O2. The Morgan fingerprint density at radius 2 is 1.86 bits per heavy atom. The van der Waals surface area contributed by atoms with Crippen molar-refractivity contribution in [3.63, 3.8) is 0 Å². The van der Waals surface area contributed by atoms with Crippen molar-refractivity contribution in [2.45, 2.75) is 13.8 Å². The number of anilines is 4. The molecule has 3 amide bonds. The van der Waals surface area contributed by atoms with Gasteiger partial charge in [-0.25, -0.2) is 4.79 Å². The summed E-state index contributed by atoms with van der Waals surface area (Å²) in [6, 6.07) is 10.6. The summed E-state index contributed by atoms with van der Waals surface area (Å²) in [7, 11) is 0. The number of aryl methyl sites for hydroxylation is 1. The number of amides is 3. The molecule has 0 atom stereocenters. The Bertz CT molecular complexity index is 1040. The maximum absolute atomic E-state index is 12.2. The van der Waals surface area contributed by atoms with E-state index in [1.54, 1.807) is 30.7 Å². The zero-order valence-electron chi connectivity index (χ0n) is 16.2. The number of primary amides is 1. The third kappa shape index (κ3) is 4.49. The molecule has 0 saturated carbocycles. The number of carbonyl (C=O) groups is 2. The second kappa shape index (κ2) is 8.83. The third-order valence-electron chi connectivity index (χ3n) is 4.15. The summed E-state index contributed by atoms with van der Waals surface area (Å²) in [5.41, 5.74) is 9.25. The van der Waals surface area contributed by atoms with E-state index >= 15 is 0 Å². The molecule has 0 bridgehead atoms. The number of benzene rings is 1. The van der Waals surface area contributed by atoms with Crippen molar-refractivity contribution >= 4 is 34.7 Å². The van der Waals surface area contributed by atoms with Gasteiger partial charge in [0.1, 0.15) is 0 Å². The Morgan fingerprint density at radius 3 is 2.59 bits per heavy atom. The molecule has 8 nitrogen and oxygen atoms in total. The van der Waals surface area contributed by atoms with Gasteiger partial charge in [-0.05, 0) is 43.7 Å². The van der Waals surface area contributed by atoms with Crippen molar-refractivity contribution < 1.29 is 9.59 Å². The lowest BCUT2D eigenvalue weighted by Crippen LogP contribution is -2.29. The van der Waals surface area contributed by atoms with E-state index in [0.717, 1.165) is 5.56 Å². The average molecular weight is 390 g/mol. The molecule has 0 saturated heterocycles. The van der Waals surface area contributed by atoms with E-state index in [1.807, 2.05) is 43.0 Å². The largest absolute Gasteiger partial charge is 0.365 e. The normalized spacial score (nSPS) is 10.3. The molecule has 0 unspecified atom stereocenters. The fraction of sp³-hybridized carbons (Fsp3) is 0.143. The van der Waals surface area contributed by atoms with Crippen LogP contribution in [0, 0.1) is 6.92 Å². The molecule has 148 valence electrons. The number of nitrogens with one attached hydrogen (secondary N) is 2. The summed E-state index contributed by atoms with van der Waals surface area (Å²) in [6.07, 6.45) is 6.43. The lowest BCUT2D eigenvalue weighted by molar-refractivity contribution is 0.100. The topological polar surface area (TPSA) is 113 Å². The smallest absolute Gasteiger partial charge is 0.319 e. The predicted molar refractivity (Wildman–Crippen MR) is 113 cm³/mol. The van der Waals surface area contributed by atoms with E-state index in [4.69, 9.17) is 5.73 Å². The van der Waals surface area contributed by atoms with Gasteiger partial charge in [-0.2, -0.15) is 0 Å². The molecule has 0 fully saturated rings. The van der Waals surface area contributed by atoms with Gasteiger partial charge >= 0.3 is 6.03 Å². The van der Waals surface area contributed by atoms with Crippen LogP contribution in [0.3, 0.4) is 0 Å². The number of para-hydroxylation sites is 2. The van der Waals surface area contributed by atoms with E-state index in [2.05, 4.69) is 20.6 Å². The maximum atomic E-state index is 12.2. The van der Waals surface area contributed by atoms with Crippen molar-refractivity contribution in [2.75, 3.05) is 16.8 Å². The van der Waals surface area contributed by atoms with Gasteiger partial charge in [0.2, 0.25) is 0 Å². The van der Waals surface area contributed by atoms with Gasteiger partial charge in [0, 0.05) is 25.1 Å². The SMILES string of the molecule is CCNC(=O)Nc1ccccc1N(c1cncc(C)c1)c1ccncc1C(N)=O. The van der Waals surface area contributed by atoms with Gasteiger partial charge < -0.3 is 21.3 Å². The summed E-state index contributed by atoms with van der Waals surface area (Å²) < 4.78 is 0. The molecule has 0 radical (unpaired) electrons. The molecule has 2 heterocycles. The quantitative estimate of drug-likeness (QED) is 0.596. The minimum Gasteiger partial charge on any atom is -0.365 e. The van der Waals surface area contributed by atoms with E-state index in [9.17, 15) is 9.59 Å². The van der Waals surface area contributed by atoms with E-state index in [-0.39, 0.29) is 11.6 Å². The molecule has 29 heavy (non-hydrogen) atoms. The first-order chi connectivity index (χ1) is 14.0. The van der Waals surface area contributed by atoms with Crippen LogP contribution in [0.25, 0.3) is 0 Å². The Morgan fingerprint density at radius 1 is 1.07 bits per heavy atom. The number of rotatable bonds is 6. The molecular weight excluding hydrogens is 368 g/mol. The number of pyridine rings is 2. The highest BCUT2D eigenvalue weighted by Crippen LogP contribution is 2.40. The number of aromatic nitrogens is 2. The van der Waals surface area contributed by atoms with Crippen LogP contribution in [0.15, 0.2) is 61.2 Å². The standard InChI is InChI=1S/C21H22N6O2/c1-3-25-21(29)26-17-6-4-5-7-19(17)27(15-10-14(2)11-24-12-15)18-8-9-23-13-16(18)20(22)28/h4-13H,3H2,1-2H3,(H2,22,28)(H2,25,26,29).